The van der Waals surface area contributed by atoms with Crippen LogP contribution in [0, 0.1) is 6.92 Å². The molecule has 0 fully saturated rings. The molecule has 8 heteroatoms. The lowest BCUT2D eigenvalue weighted by Crippen LogP contribution is -2.14. The second kappa shape index (κ2) is 9.81. The van der Waals surface area contributed by atoms with E-state index in [2.05, 4.69) is 34.6 Å². The molecule has 0 saturated heterocycles. The molecule has 4 aromatic rings. The van der Waals surface area contributed by atoms with Gasteiger partial charge in [0.15, 0.2) is 0 Å². The van der Waals surface area contributed by atoms with Crippen LogP contribution in [-0.2, 0) is 6.42 Å². The maximum Gasteiger partial charge on any atom is 0.259 e. The first-order valence-corrected chi connectivity index (χ1v) is 11.5. The molecule has 0 aliphatic heterocycles. The third-order valence-electron chi connectivity index (χ3n) is 5.42. The highest BCUT2D eigenvalue weighted by atomic mass is 35.5. The number of ether oxygens (including phenoxy) is 1. The van der Waals surface area contributed by atoms with Crippen molar-refractivity contribution >= 4 is 45.8 Å². The zero-order valence-corrected chi connectivity index (χ0v) is 20.2. The van der Waals surface area contributed by atoms with Gasteiger partial charge in [0.05, 0.1) is 23.4 Å². The van der Waals surface area contributed by atoms with Crippen molar-refractivity contribution < 1.29 is 9.53 Å². The minimum atomic E-state index is -0.381. The van der Waals surface area contributed by atoms with Gasteiger partial charge in [0, 0.05) is 10.7 Å². The Labute approximate surface area is 202 Å². The number of anilines is 1. The van der Waals surface area contributed by atoms with Gasteiger partial charge in [0.25, 0.3) is 5.91 Å². The van der Waals surface area contributed by atoms with Crippen LogP contribution in [0.5, 0.6) is 5.75 Å². The molecule has 0 spiro atoms. The highest BCUT2D eigenvalue weighted by Gasteiger charge is 2.18. The molecule has 0 aliphatic rings. The Balaban J connectivity index is 1.62. The monoisotopic (exact) mass is 482 g/mol. The lowest BCUT2D eigenvalue weighted by atomic mass is 10.1. The van der Waals surface area contributed by atoms with Crippen LogP contribution in [0.15, 0.2) is 48.5 Å². The number of nitrogens with zero attached hydrogens (tertiary/aromatic N) is 3. The number of hydrogen-bond donors (Lipinski definition) is 1. The predicted molar refractivity (Wildman–Crippen MR) is 133 cm³/mol. The number of rotatable bonds is 7. The van der Waals surface area contributed by atoms with Crippen LogP contribution in [-0.4, -0.2) is 28.0 Å². The molecule has 0 unspecified atom stereocenters. The fourth-order valence-corrected chi connectivity index (χ4v) is 4.19. The van der Waals surface area contributed by atoms with Crippen LogP contribution in [0.2, 0.25) is 10.0 Å². The molecule has 0 saturated carbocycles. The van der Waals surface area contributed by atoms with E-state index in [0.29, 0.717) is 16.2 Å². The number of fused-ring (bicyclic) bond motifs is 1. The minimum Gasteiger partial charge on any atom is -0.494 e. The number of methoxy groups -OCH3 is 1. The van der Waals surface area contributed by atoms with Gasteiger partial charge in [0.1, 0.15) is 16.8 Å². The van der Waals surface area contributed by atoms with Crippen molar-refractivity contribution in [1.82, 2.24) is 15.0 Å². The number of carbonyl (C=O) groups excluding carboxylic acids is 1. The van der Waals surface area contributed by atoms with Crippen LogP contribution in [0.3, 0.4) is 0 Å². The molecule has 1 aromatic heterocycles. The zero-order valence-electron chi connectivity index (χ0n) is 18.7. The first kappa shape index (κ1) is 23.1. The normalized spacial score (nSPS) is 11.1. The van der Waals surface area contributed by atoms with Gasteiger partial charge in [-0.05, 0) is 67.3 Å². The fraction of sp³-hybridized carbons (Fsp3) is 0.240. The van der Waals surface area contributed by atoms with E-state index in [9.17, 15) is 4.79 Å². The molecule has 1 amide bonds. The number of benzene rings is 3. The predicted octanol–water partition coefficient (Wildman–Crippen LogP) is 6.64. The van der Waals surface area contributed by atoms with E-state index in [1.807, 2.05) is 25.1 Å². The summed E-state index contributed by atoms with van der Waals surface area (Å²) in [5.74, 6) is -0.112. The molecule has 0 radical (unpaired) electrons. The van der Waals surface area contributed by atoms with E-state index >= 15 is 0 Å². The molecule has 6 nitrogen and oxygen atoms in total. The summed E-state index contributed by atoms with van der Waals surface area (Å²) in [4.78, 5) is 14.6. The first-order chi connectivity index (χ1) is 15.9. The highest BCUT2D eigenvalue weighted by molar-refractivity contribution is 6.36. The SMILES string of the molecule is CCCCc1ccc(-n2nc3cc(C)c(NC(=O)c4cc(Cl)cc(Cl)c4OC)cc3n2)cc1. The van der Waals surface area contributed by atoms with E-state index in [1.54, 1.807) is 10.9 Å². The third kappa shape index (κ3) is 4.97. The summed E-state index contributed by atoms with van der Waals surface area (Å²) < 4.78 is 5.30. The topological polar surface area (TPSA) is 69.0 Å². The molecular formula is C25H24Cl2N4O2. The van der Waals surface area contributed by atoms with Crippen molar-refractivity contribution in [2.45, 2.75) is 33.1 Å². The van der Waals surface area contributed by atoms with Gasteiger partial charge in [-0.2, -0.15) is 4.80 Å². The van der Waals surface area contributed by atoms with E-state index in [1.165, 1.54) is 37.6 Å². The molecule has 1 N–H and O–H groups in total. The van der Waals surface area contributed by atoms with Crippen molar-refractivity contribution in [1.29, 1.82) is 0 Å². The average Bonchev–Trinajstić information content (AvgIpc) is 3.20. The Kier molecular flexibility index (Phi) is 6.86. The van der Waals surface area contributed by atoms with E-state index < -0.39 is 0 Å². The zero-order chi connectivity index (χ0) is 23.5. The summed E-state index contributed by atoms with van der Waals surface area (Å²) in [6, 6.07) is 15.0. The first-order valence-electron chi connectivity index (χ1n) is 10.7. The summed E-state index contributed by atoms with van der Waals surface area (Å²) in [7, 11) is 1.46. The van der Waals surface area contributed by atoms with Gasteiger partial charge in [-0.1, -0.05) is 48.7 Å². The van der Waals surface area contributed by atoms with Gasteiger partial charge in [-0.25, -0.2) is 0 Å². The van der Waals surface area contributed by atoms with E-state index in [-0.39, 0.29) is 22.2 Å². The quantitative estimate of drug-likeness (QED) is 0.320. The van der Waals surface area contributed by atoms with E-state index in [0.717, 1.165) is 23.2 Å². The molecule has 170 valence electrons. The second-order valence-electron chi connectivity index (χ2n) is 7.84. The van der Waals surface area contributed by atoms with Crippen molar-refractivity contribution in [2.75, 3.05) is 12.4 Å². The molecule has 0 aliphatic carbocycles. The largest absolute Gasteiger partial charge is 0.494 e. The Morgan fingerprint density at radius 3 is 2.42 bits per heavy atom. The summed E-state index contributed by atoms with van der Waals surface area (Å²) in [6.45, 7) is 4.09. The van der Waals surface area contributed by atoms with E-state index in [4.69, 9.17) is 27.9 Å². The standard InChI is InChI=1S/C25H24Cl2N4O2/c1-4-5-6-16-7-9-18(10-8-16)31-29-22-11-15(2)21(14-23(22)30-31)28-25(32)19-12-17(26)13-20(27)24(19)33-3/h7-14H,4-6H2,1-3H3,(H,28,32). The van der Waals surface area contributed by atoms with Crippen molar-refractivity contribution in [3.05, 3.63) is 75.3 Å². The Morgan fingerprint density at radius 2 is 1.76 bits per heavy atom. The van der Waals surface area contributed by atoms with Crippen molar-refractivity contribution in [3.63, 3.8) is 0 Å². The lowest BCUT2D eigenvalue weighted by molar-refractivity contribution is 0.102. The Bertz CT molecular complexity index is 1320. The number of carbonyl (C=O) groups is 1. The number of amides is 1. The summed E-state index contributed by atoms with van der Waals surface area (Å²) in [5, 5.41) is 12.7. The fourth-order valence-electron chi connectivity index (χ4n) is 3.62. The van der Waals surface area contributed by atoms with Crippen molar-refractivity contribution in [2.24, 2.45) is 0 Å². The number of aromatic nitrogens is 3. The maximum atomic E-state index is 13.0. The van der Waals surface area contributed by atoms with Gasteiger partial charge >= 0.3 is 0 Å². The molecule has 0 atom stereocenters. The molecule has 0 bridgehead atoms. The number of nitrogens with one attached hydrogen (secondary N) is 1. The van der Waals surface area contributed by atoms with Gasteiger partial charge < -0.3 is 10.1 Å². The molecule has 3 aromatic carbocycles. The number of hydrogen-bond acceptors (Lipinski definition) is 4. The summed E-state index contributed by atoms with van der Waals surface area (Å²) >= 11 is 12.3. The summed E-state index contributed by atoms with van der Waals surface area (Å²) in [5.41, 5.74) is 5.31. The summed E-state index contributed by atoms with van der Waals surface area (Å²) in [6.07, 6.45) is 3.41. The molecule has 33 heavy (non-hydrogen) atoms. The van der Waals surface area contributed by atoms with Crippen LogP contribution in [0.25, 0.3) is 16.7 Å². The van der Waals surface area contributed by atoms with Crippen LogP contribution in [0.4, 0.5) is 5.69 Å². The number of halogens is 2. The number of unbranched alkanes of at least 4 members (excludes halogenated alkanes) is 1. The van der Waals surface area contributed by atoms with Crippen molar-refractivity contribution in [3.8, 4) is 11.4 Å². The average molecular weight is 483 g/mol. The smallest absolute Gasteiger partial charge is 0.259 e. The van der Waals surface area contributed by atoms with Crippen LogP contribution < -0.4 is 10.1 Å². The Morgan fingerprint density at radius 1 is 1.06 bits per heavy atom. The second-order valence-corrected chi connectivity index (χ2v) is 8.68. The highest BCUT2D eigenvalue weighted by Crippen LogP contribution is 2.33. The number of aryl methyl sites for hydroxylation is 2. The minimum absolute atomic E-state index is 0.251. The maximum absolute atomic E-state index is 13.0. The molecule has 1 heterocycles. The Hall–Kier alpha value is -3.09. The van der Waals surface area contributed by atoms with Gasteiger partial charge in [0.2, 0.25) is 0 Å². The van der Waals surface area contributed by atoms with Crippen LogP contribution >= 0.6 is 23.2 Å². The molecule has 4 rings (SSSR count). The third-order valence-corrected chi connectivity index (χ3v) is 5.92. The molecular weight excluding hydrogens is 459 g/mol. The van der Waals surface area contributed by atoms with Gasteiger partial charge in [-0.15, -0.1) is 10.2 Å². The van der Waals surface area contributed by atoms with Gasteiger partial charge in [-0.3, -0.25) is 4.79 Å². The van der Waals surface area contributed by atoms with Crippen LogP contribution in [0.1, 0.15) is 41.3 Å². The lowest BCUT2D eigenvalue weighted by Gasteiger charge is -2.12.